The summed E-state index contributed by atoms with van der Waals surface area (Å²) in [4.78, 5) is 15.6. The number of nitrogens with zero attached hydrogens (tertiary/aromatic N) is 1. The molecule has 2 aliphatic heterocycles. The SMILES string of the molecule is CC(C)C(CN1CC[C@@](C)(c2cccc(O)c2)[C@@H](C)C1)NC(=O)C1Cc2ccc(O)cc2CN1. The molecule has 0 aromatic heterocycles. The first-order chi connectivity index (χ1) is 16.2. The molecule has 6 heteroatoms. The second kappa shape index (κ2) is 9.96. The monoisotopic (exact) mass is 465 g/mol. The molecule has 0 spiro atoms. The fraction of sp³-hybridized carbons (Fsp3) is 0.536. The standard InChI is InChI=1S/C28H39N3O3/c1-18(2)26(30-27(34)25-13-20-8-9-24(33)12-21(20)15-29-25)17-31-11-10-28(4,19(3)16-31)22-6-5-7-23(32)14-22/h5-9,12,14,18-19,25-26,29,32-33H,10-11,13,15-17H2,1-4H3,(H,30,34)/t19-,25?,26?,28+/m0/s1. The maximum atomic E-state index is 13.2. The second-order valence-electron chi connectivity index (χ2n) is 10.8. The van der Waals surface area contributed by atoms with Gasteiger partial charge in [-0.25, -0.2) is 0 Å². The first-order valence-corrected chi connectivity index (χ1v) is 12.5. The quantitative estimate of drug-likeness (QED) is 0.524. The summed E-state index contributed by atoms with van der Waals surface area (Å²) in [5.74, 6) is 1.39. The van der Waals surface area contributed by atoms with E-state index < -0.39 is 0 Å². The number of amides is 1. The minimum Gasteiger partial charge on any atom is -0.508 e. The van der Waals surface area contributed by atoms with Gasteiger partial charge in [0.15, 0.2) is 0 Å². The van der Waals surface area contributed by atoms with Gasteiger partial charge in [0.1, 0.15) is 11.5 Å². The predicted octanol–water partition coefficient (Wildman–Crippen LogP) is 3.55. The number of rotatable bonds is 6. The van der Waals surface area contributed by atoms with Crippen molar-refractivity contribution in [2.75, 3.05) is 19.6 Å². The minimum absolute atomic E-state index is 0.0274. The molecule has 184 valence electrons. The first-order valence-electron chi connectivity index (χ1n) is 12.5. The van der Waals surface area contributed by atoms with Crippen molar-refractivity contribution in [2.24, 2.45) is 11.8 Å². The Morgan fingerprint density at radius 2 is 1.94 bits per heavy atom. The molecule has 1 fully saturated rings. The third-order valence-corrected chi connectivity index (χ3v) is 8.13. The minimum atomic E-state index is -0.257. The molecule has 0 radical (unpaired) electrons. The summed E-state index contributed by atoms with van der Waals surface area (Å²) in [6.45, 7) is 12.3. The van der Waals surface area contributed by atoms with E-state index >= 15 is 0 Å². The number of phenolic OH excluding ortho intramolecular Hbond substituents is 2. The fourth-order valence-electron chi connectivity index (χ4n) is 5.44. The number of hydrogen-bond acceptors (Lipinski definition) is 5. The van der Waals surface area contributed by atoms with Crippen LogP contribution in [0.5, 0.6) is 11.5 Å². The van der Waals surface area contributed by atoms with Gasteiger partial charge in [-0.2, -0.15) is 0 Å². The van der Waals surface area contributed by atoms with Crippen LogP contribution in [0.3, 0.4) is 0 Å². The Labute approximate surface area is 203 Å². The van der Waals surface area contributed by atoms with Crippen LogP contribution in [0, 0.1) is 11.8 Å². The van der Waals surface area contributed by atoms with Crippen molar-refractivity contribution in [2.45, 2.75) is 64.6 Å². The third-order valence-electron chi connectivity index (χ3n) is 8.13. The third kappa shape index (κ3) is 5.23. The summed E-state index contributed by atoms with van der Waals surface area (Å²) < 4.78 is 0. The number of aromatic hydroxyl groups is 2. The van der Waals surface area contributed by atoms with Crippen molar-refractivity contribution in [3.8, 4) is 11.5 Å². The molecule has 0 saturated carbocycles. The number of carbonyl (C=O) groups excluding carboxylic acids is 1. The largest absolute Gasteiger partial charge is 0.508 e. The number of nitrogens with one attached hydrogen (secondary N) is 2. The van der Waals surface area contributed by atoms with Crippen LogP contribution in [0.1, 0.15) is 50.8 Å². The van der Waals surface area contributed by atoms with Gasteiger partial charge in [0.25, 0.3) is 0 Å². The van der Waals surface area contributed by atoms with Crippen molar-refractivity contribution < 1.29 is 15.0 Å². The van der Waals surface area contributed by atoms with Crippen molar-refractivity contribution >= 4 is 5.91 Å². The molecule has 34 heavy (non-hydrogen) atoms. The van der Waals surface area contributed by atoms with E-state index in [-0.39, 0.29) is 29.2 Å². The van der Waals surface area contributed by atoms with Crippen LogP contribution in [0.2, 0.25) is 0 Å². The van der Waals surface area contributed by atoms with Crippen molar-refractivity contribution in [3.63, 3.8) is 0 Å². The van der Waals surface area contributed by atoms with Crippen LogP contribution >= 0.6 is 0 Å². The highest BCUT2D eigenvalue weighted by Gasteiger charge is 2.39. The molecule has 0 bridgehead atoms. The van der Waals surface area contributed by atoms with Crippen LogP contribution in [0.25, 0.3) is 0 Å². The van der Waals surface area contributed by atoms with Crippen molar-refractivity contribution in [1.29, 1.82) is 0 Å². The molecule has 1 saturated heterocycles. The molecule has 0 aliphatic carbocycles. The summed E-state index contributed by atoms with van der Waals surface area (Å²) in [5, 5.41) is 26.3. The number of likely N-dealkylation sites (tertiary alicyclic amines) is 1. The smallest absolute Gasteiger partial charge is 0.237 e. The maximum Gasteiger partial charge on any atom is 0.237 e. The number of benzene rings is 2. The summed E-state index contributed by atoms with van der Waals surface area (Å²) in [6, 6.07) is 12.9. The molecule has 2 aromatic rings. The number of hydrogen-bond donors (Lipinski definition) is 4. The molecule has 4 atom stereocenters. The van der Waals surface area contributed by atoms with Crippen LogP contribution in [-0.2, 0) is 23.2 Å². The Hall–Kier alpha value is -2.57. The van der Waals surface area contributed by atoms with E-state index in [9.17, 15) is 15.0 Å². The van der Waals surface area contributed by atoms with Crippen LogP contribution in [0.4, 0.5) is 0 Å². The van der Waals surface area contributed by atoms with Crippen LogP contribution in [-0.4, -0.2) is 52.7 Å². The Kier molecular flexibility index (Phi) is 7.20. The molecular formula is C28H39N3O3. The Balaban J connectivity index is 1.36. The Morgan fingerprint density at radius 1 is 1.18 bits per heavy atom. The molecule has 1 amide bonds. The predicted molar refractivity (Wildman–Crippen MR) is 135 cm³/mol. The van der Waals surface area contributed by atoms with Gasteiger partial charge in [0.05, 0.1) is 6.04 Å². The first kappa shape index (κ1) is 24.6. The number of phenols is 2. The molecule has 2 aromatic carbocycles. The van der Waals surface area contributed by atoms with Crippen molar-refractivity contribution in [1.82, 2.24) is 15.5 Å². The molecule has 4 rings (SSSR count). The van der Waals surface area contributed by atoms with Crippen molar-refractivity contribution in [3.05, 3.63) is 59.2 Å². The van der Waals surface area contributed by atoms with E-state index in [0.29, 0.717) is 30.6 Å². The summed E-state index contributed by atoms with van der Waals surface area (Å²) in [5.41, 5.74) is 3.40. The molecular weight excluding hydrogens is 426 g/mol. The van der Waals surface area contributed by atoms with Gasteiger partial charge >= 0.3 is 0 Å². The summed E-state index contributed by atoms with van der Waals surface area (Å²) in [7, 11) is 0. The molecule has 2 unspecified atom stereocenters. The Morgan fingerprint density at radius 3 is 2.65 bits per heavy atom. The van der Waals surface area contributed by atoms with Gasteiger partial charge in [-0.05, 0) is 77.6 Å². The molecule has 4 N–H and O–H groups in total. The second-order valence-corrected chi connectivity index (χ2v) is 10.8. The highest BCUT2D eigenvalue weighted by atomic mass is 16.3. The zero-order valence-electron chi connectivity index (χ0n) is 20.8. The number of carbonyl (C=O) groups is 1. The zero-order valence-corrected chi connectivity index (χ0v) is 20.8. The van der Waals surface area contributed by atoms with Gasteiger partial charge < -0.3 is 25.7 Å². The van der Waals surface area contributed by atoms with Gasteiger partial charge in [0, 0.05) is 25.7 Å². The summed E-state index contributed by atoms with van der Waals surface area (Å²) >= 11 is 0. The lowest BCUT2D eigenvalue weighted by Gasteiger charge is -2.46. The lowest BCUT2D eigenvalue weighted by Crippen LogP contribution is -2.56. The lowest BCUT2D eigenvalue weighted by atomic mass is 9.68. The number of fused-ring (bicyclic) bond motifs is 1. The van der Waals surface area contributed by atoms with Crippen LogP contribution < -0.4 is 10.6 Å². The normalized spacial score (nSPS) is 26.1. The average molecular weight is 466 g/mol. The van der Waals surface area contributed by atoms with E-state index in [1.54, 1.807) is 18.2 Å². The Bertz CT molecular complexity index is 1020. The highest BCUT2D eigenvalue weighted by Crippen LogP contribution is 2.40. The van der Waals surface area contributed by atoms with E-state index in [0.717, 1.165) is 37.2 Å². The van der Waals surface area contributed by atoms with E-state index in [4.69, 9.17) is 0 Å². The van der Waals surface area contributed by atoms with Crippen LogP contribution in [0.15, 0.2) is 42.5 Å². The maximum absolute atomic E-state index is 13.2. The van der Waals surface area contributed by atoms with E-state index in [1.807, 2.05) is 18.2 Å². The topological polar surface area (TPSA) is 84.8 Å². The van der Waals surface area contributed by atoms with E-state index in [1.165, 1.54) is 5.56 Å². The average Bonchev–Trinajstić information content (AvgIpc) is 2.80. The van der Waals surface area contributed by atoms with Gasteiger partial charge in [-0.3, -0.25) is 4.79 Å². The van der Waals surface area contributed by atoms with Gasteiger partial charge in [-0.1, -0.05) is 45.9 Å². The molecule has 2 heterocycles. The lowest BCUT2D eigenvalue weighted by molar-refractivity contribution is -0.124. The van der Waals surface area contributed by atoms with Gasteiger partial charge in [0.2, 0.25) is 5.91 Å². The zero-order chi connectivity index (χ0) is 24.5. The fourth-order valence-corrected chi connectivity index (χ4v) is 5.44. The highest BCUT2D eigenvalue weighted by molar-refractivity contribution is 5.82. The van der Waals surface area contributed by atoms with E-state index in [2.05, 4.69) is 49.3 Å². The van der Waals surface area contributed by atoms with Gasteiger partial charge in [-0.15, -0.1) is 0 Å². The summed E-state index contributed by atoms with van der Waals surface area (Å²) in [6.07, 6.45) is 1.65. The molecule has 2 aliphatic rings. The molecule has 6 nitrogen and oxygen atoms in total. The number of piperidine rings is 1.